The number of rotatable bonds is 4. The molecule has 0 bridgehead atoms. The molecule has 0 aliphatic carbocycles. The maximum Gasteiger partial charge on any atom is 0.126 e. The van der Waals surface area contributed by atoms with Crippen LogP contribution in [0.25, 0.3) is 0 Å². The molecule has 0 fully saturated rings. The second kappa shape index (κ2) is 5.93. The van der Waals surface area contributed by atoms with Crippen molar-refractivity contribution in [1.29, 1.82) is 0 Å². The van der Waals surface area contributed by atoms with Crippen LogP contribution < -0.4 is 5.73 Å². The van der Waals surface area contributed by atoms with Crippen LogP contribution in [0.3, 0.4) is 0 Å². The van der Waals surface area contributed by atoms with Gasteiger partial charge in [0.1, 0.15) is 11.6 Å². The fourth-order valence-corrected chi connectivity index (χ4v) is 2.14. The molecule has 0 saturated heterocycles. The van der Waals surface area contributed by atoms with Crippen LogP contribution in [0.1, 0.15) is 22.6 Å². The van der Waals surface area contributed by atoms with E-state index >= 15 is 0 Å². The number of aryl methyl sites for hydroxylation is 1. The van der Waals surface area contributed by atoms with Gasteiger partial charge in [-0.15, -0.1) is 0 Å². The lowest BCUT2D eigenvalue weighted by Crippen LogP contribution is -2.15. The molecule has 3 heteroatoms. The summed E-state index contributed by atoms with van der Waals surface area (Å²) in [6, 6.07) is 11.5. The molecule has 0 amide bonds. The van der Waals surface area contributed by atoms with Crippen molar-refractivity contribution in [1.82, 2.24) is 0 Å². The van der Waals surface area contributed by atoms with Gasteiger partial charge in [0.15, 0.2) is 0 Å². The number of nitrogens with two attached hydrogens (primary N) is 1. The Morgan fingerprint density at radius 1 is 1.05 bits per heavy atom. The Balaban J connectivity index is 2.23. The van der Waals surface area contributed by atoms with Crippen molar-refractivity contribution < 1.29 is 8.78 Å². The highest BCUT2D eigenvalue weighted by molar-refractivity contribution is 5.28. The Bertz CT molecular complexity index is 549. The van der Waals surface area contributed by atoms with Gasteiger partial charge < -0.3 is 5.73 Å². The zero-order chi connectivity index (χ0) is 13.8. The predicted molar refractivity (Wildman–Crippen MR) is 73.0 cm³/mol. The average molecular weight is 261 g/mol. The Hall–Kier alpha value is -1.74. The van der Waals surface area contributed by atoms with E-state index in [0.29, 0.717) is 18.5 Å². The highest BCUT2D eigenvalue weighted by atomic mass is 19.1. The van der Waals surface area contributed by atoms with Gasteiger partial charge in [0, 0.05) is 5.92 Å². The standard InChI is InChI=1S/C16H17F2N/c1-11-2-4-12(5-3-11)14(10-19)8-13-9-15(17)6-7-16(13)18/h2-7,9,14H,8,10,19H2,1H3. The van der Waals surface area contributed by atoms with Gasteiger partial charge in [0.05, 0.1) is 0 Å². The number of halogens is 2. The van der Waals surface area contributed by atoms with Gasteiger partial charge in [-0.1, -0.05) is 29.8 Å². The summed E-state index contributed by atoms with van der Waals surface area (Å²) in [6.45, 7) is 2.41. The van der Waals surface area contributed by atoms with Gasteiger partial charge in [-0.25, -0.2) is 8.78 Å². The average Bonchev–Trinajstić information content (AvgIpc) is 2.41. The van der Waals surface area contributed by atoms with Crippen LogP contribution in [0.2, 0.25) is 0 Å². The molecule has 2 aromatic rings. The fourth-order valence-electron chi connectivity index (χ4n) is 2.14. The van der Waals surface area contributed by atoms with Gasteiger partial charge >= 0.3 is 0 Å². The lowest BCUT2D eigenvalue weighted by atomic mass is 9.91. The molecule has 0 aliphatic heterocycles. The van der Waals surface area contributed by atoms with E-state index in [2.05, 4.69) is 0 Å². The molecule has 2 rings (SSSR count). The first-order valence-corrected chi connectivity index (χ1v) is 6.30. The minimum atomic E-state index is -0.420. The van der Waals surface area contributed by atoms with Gasteiger partial charge in [0.25, 0.3) is 0 Å². The van der Waals surface area contributed by atoms with Gasteiger partial charge in [-0.2, -0.15) is 0 Å². The van der Waals surface area contributed by atoms with Crippen molar-refractivity contribution in [2.45, 2.75) is 19.3 Å². The normalized spacial score (nSPS) is 12.4. The molecule has 0 heterocycles. The monoisotopic (exact) mass is 261 g/mol. The Morgan fingerprint density at radius 3 is 2.37 bits per heavy atom. The van der Waals surface area contributed by atoms with E-state index in [1.807, 2.05) is 31.2 Å². The van der Waals surface area contributed by atoms with Crippen LogP contribution in [0.4, 0.5) is 8.78 Å². The smallest absolute Gasteiger partial charge is 0.126 e. The van der Waals surface area contributed by atoms with E-state index in [-0.39, 0.29) is 11.7 Å². The van der Waals surface area contributed by atoms with Crippen LogP contribution in [0, 0.1) is 18.6 Å². The van der Waals surface area contributed by atoms with E-state index in [1.54, 1.807) is 0 Å². The molecule has 2 N–H and O–H groups in total. The summed E-state index contributed by atoms with van der Waals surface area (Å²) >= 11 is 0. The maximum atomic E-state index is 13.6. The lowest BCUT2D eigenvalue weighted by Gasteiger charge is -2.16. The first-order chi connectivity index (χ1) is 9.10. The van der Waals surface area contributed by atoms with E-state index in [4.69, 9.17) is 5.73 Å². The molecule has 2 aromatic carbocycles. The fraction of sp³-hybridized carbons (Fsp3) is 0.250. The number of benzene rings is 2. The van der Waals surface area contributed by atoms with Gasteiger partial charge in [0.2, 0.25) is 0 Å². The molecule has 1 nitrogen and oxygen atoms in total. The van der Waals surface area contributed by atoms with Crippen LogP contribution in [-0.4, -0.2) is 6.54 Å². The molecule has 0 radical (unpaired) electrons. The van der Waals surface area contributed by atoms with Crippen molar-refractivity contribution in [2.75, 3.05) is 6.54 Å². The second-order valence-corrected chi connectivity index (χ2v) is 4.78. The maximum absolute atomic E-state index is 13.6. The first kappa shape index (κ1) is 13.7. The summed E-state index contributed by atoms with van der Waals surface area (Å²) in [4.78, 5) is 0. The highest BCUT2D eigenvalue weighted by Gasteiger charge is 2.13. The molecular formula is C16H17F2N. The SMILES string of the molecule is Cc1ccc(C(CN)Cc2cc(F)ccc2F)cc1. The summed E-state index contributed by atoms with van der Waals surface area (Å²) in [5, 5.41) is 0. The lowest BCUT2D eigenvalue weighted by molar-refractivity contribution is 0.570. The van der Waals surface area contributed by atoms with Crippen LogP contribution in [-0.2, 0) is 6.42 Å². The molecule has 0 saturated carbocycles. The van der Waals surface area contributed by atoms with E-state index < -0.39 is 5.82 Å². The summed E-state index contributed by atoms with van der Waals surface area (Å²) in [7, 11) is 0. The zero-order valence-electron chi connectivity index (χ0n) is 10.9. The highest BCUT2D eigenvalue weighted by Crippen LogP contribution is 2.22. The Morgan fingerprint density at radius 2 is 1.74 bits per heavy atom. The van der Waals surface area contributed by atoms with Crippen LogP contribution >= 0.6 is 0 Å². The van der Waals surface area contributed by atoms with E-state index in [1.165, 1.54) is 6.07 Å². The first-order valence-electron chi connectivity index (χ1n) is 6.30. The summed E-state index contributed by atoms with van der Waals surface area (Å²) in [5.41, 5.74) is 8.35. The predicted octanol–water partition coefficient (Wildman–Crippen LogP) is 3.56. The van der Waals surface area contributed by atoms with E-state index in [0.717, 1.165) is 23.3 Å². The minimum absolute atomic E-state index is 0.00287. The Kier molecular flexibility index (Phi) is 4.27. The largest absolute Gasteiger partial charge is 0.330 e. The summed E-state index contributed by atoms with van der Waals surface area (Å²) in [5.74, 6) is -0.806. The number of hydrogen-bond acceptors (Lipinski definition) is 1. The van der Waals surface area contributed by atoms with Crippen molar-refractivity contribution in [3.63, 3.8) is 0 Å². The van der Waals surface area contributed by atoms with Crippen molar-refractivity contribution in [2.24, 2.45) is 5.73 Å². The van der Waals surface area contributed by atoms with Crippen LogP contribution in [0.5, 0.6) is 0 Å². The van der Waals surface area contributed by atoms with Gasteiger partial charge in [-0.3, -0.25) is 0 Å². The molecular weight excluding hydrogens is 244 g/mol. The zero-order valence-corrected chi connectivity index (χ0v) is 10.9. The molecule has 1 unspecified atom stereocenters. The Labute approximate surface area is 112 Å². The third kappa shape index (κ3) is 3.38. The molecule has 1 atom stereocenters. The molecule has 0 aromatic heterocycles. The van der Waals surface area contributed by atoms with Crippen molar-refractivity contribution >= 4 is 0 Å². The van der Waals surface area contributed by atoms with Crippen molar-refractivity contribution in [3.8, 4) is 0 Å². The summed E-state index contributed by atoms with van der Waals surface area (Å²) < 4.78 is 26.8. The topological polar surface area (TPSA) is 26.0 Å². The van der Waals surface area contributed by atoms with E-state index in [9.17, 15) is 8.78 Å². The second-order valence-electron chi connectivity index (χ2n) is 4.78. The minimum Gasteiger partial charge on any atom is -0.330 e. The van der Waals surface area contributed by atoms with Crippen LogP contribution in [0.15, 0.2) is 42.5 Å². The van der Waals surface area contributed by atoms with Crippen molar-refractivity contribution in [3.05, 3.63) is 70.8 Å². The van der Waals surface area contributed by atoms with Gasteiger partial charge in [-0.05, 0) is 49.2 Å². The molecule has 0 aliphatic rings. The molecule has 0 spiro atoms. The number of hydrogen-bond donors (Lipinski definition) is 1. The third-order valence-corrected chi connectivity index (χ3v) is 3.31. The molecule has 100 valence electrons. The third-order valence-electron chi connectivity index (χ3n) is 3.31. The quantitative estimate of drug-likeness (QED) is 0.894. The molecule has 19 heavy (non-hydrogen) atoms. The summed E-state index contributed by atoms with van der Waals surface area (Å²) in [6.07, 6.45) is 0.406.